The van der Waals surface area contributed by atoms with Crippen molar-refractivity contribution < 1.29 is 14.3 Å². The maximum absolute atomic E-state index is 12.0. The van der Waals surface area contributed by atoms with E-state index in [4.69, 9.17) is 33.7 Å². The fourth-order valence-corrected chi connectivity index (χ4v) is 2.66. The van der Waals surface area contributed by atoms with E-state index >= 15 is 0 Å². The number of hydrogen-bond acceptors (Lipinski definition) is 5. The third-order valence-electron chi connectivity index (χ3n) is 3.41. The molecule has 0 spiro atoms. The molecule has 138 valence electrons. The van der Waals surface area contributed by atoms with Crippen LogP contribution in [0.2, 0.25) is 10.0 Å². The van der Waals surface area contributed by atoms with E-state index in [0.717, 1.165) is 0 Å². The molecule has 0 saturated heterocycles. The Bertz CT molecular complexity index is 764. The number of nitrogens with two attached hydrogens (primary N) is 1. The van der Waals surface area contributed by atoms with E-state index in [-0.39, 0.29) is 13.0 Å². The number of para-hydroxylation sites is 2. The highest BCUT2D eigenvalue weighted by Gasteiger charge is 2.13. The first kappa shape index (κ1) is 20.0. The normalized spacial score (nSPS) is 10.3. The van der Waals surface area contributed by atoms with Gasteiger partial charge >= 0.3 is 5.97 Å². The van der Waals surface area contributed by atoms with E-state index in [2.05, 4.69) is 10.6 Å². The van der Waals surface area contributed by atoms with Crippen LogP contribution in [0.5, 0.6) is 0 Å². The van der Waals surface area contributed by atoms with Gasteiger partial charge in [0.2, 0.25) is 0 Å². The molecule has 0 aliphatic carbocycles. The topological polar surface area (TPSA) is 93.4 Å². The van der Waals surface area contributed by atoms with Crippen LogP contribution in [0.4, 0.5) is 11.4 Å². The maximum Gasteiger partial charge on any atom is 0.310 e. The zero-order valence-electron chi connectivity index (χ0n) is 13.9. The highest BCUT2D eigenvalue weighted by Crippen LogP contribution is 2.33. The molecule has 2 aromatic carbocycles. The number of rotatable bonds is 8. The van der Waals surface area contributed by atoms with Gasteiger partial charge in [-0.1, -0.05) is 47.5 Å². The van der Waals surface area contributed by atoms with E-state index in [1.165, 1.54) is 0 Å². The Balaban J connectivity index is 2.02. The number of anilines is 2. The molecule has 2 aromatic rings. The first-order valence-corrected chi connectivity index (χ1v) is 8.68. The number of ether oxygens (including phenoxy) is 1. The summed E-state index contributed by atoms with van der Waals surface area (Å²) >= 11 is 12.3. The molecule has 0 aliphatic heterocycles. The lowest BCUT2D eigenvalue weighted by atomic mass is 10.1. The van der Waals surface area contributed by atoms with Crippen LogP contribution in [0.1, 0.15) is 5.56 Å². The lowest BCUT2D eigenvalue weighted by Gasteiger charge is -2.14. The molecule has 0 bridgehead atoms. The number of benzene rings is 2. The van der Waals surface area contributed by atoms with Crippen molar-refractivity contribution in [3.8, 4) is 0 Å². The lowest BCUT2D eigenvalue weighted by Crippen LogP contribution is -2.32. The minimum atomic E-state index is -0.521. The van der Waals surface area contributed by atoms with Gasteiger partial charge in [-0.25, -0.2) is 0 Å². The molecule has 0 radical (unpaired) electrons. The largest absolute Gasteiger partial charge is 0.455 e. The second-order valence-corrected chi connectivity index (χ2v) is 6.17. The molecule has 8 heteroatoms. The molecule has 2 rings (SSSR count). The summed E-state index contributed by atoms with van der Waals surface area (Å²) in [6.07, 6.45) is -0.00455. The highest BCUT2D eigenvalue weighted by atomic mass is 35.5. The summed E-state index contributed by atoms with van der Waals surface area (Å²) in [4.78, 5) is 23.5. The molecule has 0 saturated carbocycles. The van der Waals surface area contributed by atoms with Crippen LogP contribution in [0.15, 0.2) is 42.5 Å². The van der Waals surface area contributed by atoms with E-state index in [9.17, 15) is 9.59 Å². The number of amides is 1. The maximum atomic E-state index is 12.0. The first-order valence-electron chi connectivity index (χ1n) is 7.92. The van der Waals surface area contributed by atoms with Gasteiger partial charge < -0.3 is 21.1 Å². The zero-order valence-corrected chi connectivity index (χ0v) is 15.4. The third-order valence-corrected chi connectivity index (χ3v) is 4.04. The van der Waals surface area contributed by atoms with Crippen molar-refractivity contribution in [1.29, 1.82) is 0 Å². The molecule has 6 nitrogen and oxygen atoms in total. The van der Waals surface area contributed by atoms with E-state index in [1.54, 1.807) is 36.4 Å². The minimum Gasteiger partial charge on any atom is -0.455 e. The summed E-state index contributed by atoms with van der Waals surface area (Å²) in [5, 5.41) is 6.60. The van der Waals surface area contributed by atoms with Gasteiger partial charge in [-0.05, 0) is 23.8 Å². The van der Waals surface area contributed by atoms with Gasteiger partial charge in [0.1, 0.15) is 0 Å². The average molecular weight is 396 g/mol. The average Bonchev–Trinajstić information content (AvgIpc) is 2.62. The Morgan fingerprint density at radius 2 is 1.73 bits per heavy atom. The summed E-state index contributed by atoms with van der Waals surface area (Å²) < 4.78 is 4.99. The molecule has 4 N–H and O–H groups in total. The summed E-state index contributed by atoms with van der Waals surface area (Å²) in [6, 6.07) is 12.4. The fourth-order valence-electron chi connectivity index (χ4n) is 2.16. The molecule has 1 amide bonds. The van der Waals surface area contributed by atoms with Crippen LogP contribution in [0, 0.1) is 0 Å². The second-order valence-electron chi connectivity index (χ2n) is 5.35. The van der Waals surface area contributed by atoms with Gasteiger partial charge in [0, 0.05) is 18.8 Å². The summed E-state index contributed by atoms with van der Waals surface area (Å²) in [7, 11) is 0. The van der Waals surface area contributed by atoms with E-state index < -0.39 is 11.9 Å². The van der Waals surface area contributed by atoms with Crippen LogP contribution in [0.25, 0.3) is 0 Å². The molecule has 0 heterocycles. The van der Waals surface area contributed by atoms with Crippen molar-refractivity contribution in [1.82, 2.24) is 5.32 Å². The molecule has 0 fully saturated rings. The molecule has 0 unspecified atom stereocenters. The Hall–Kier alpha value is -2.28. The molecular weight excluding hydrogens is 377 g/mol. The standard InChI is InChI=1S/C18H19Cl2N3O3/c19-13-5-3-6-14(20)18(13)23-15-7-2-1-4-12(15)10-17(25)26-11-16(24)22-9-8-21/h1-7,23H,8-11,21H2,(H,22,24). The smallest absolute Gasteiger partial charge is 0.310 e. The third kappa shape index (κ3) is 5.91. The van der Waals surface area contributed by atoms with Gasteiger partial charge in [-0.3, -0.25) is 9.59 Å². The van der Waals surface area contributed by atoms with Gasteiger partial charge in [-0.15, -0.1) is 0 Å². The zero-order chi connectivity index (χ0) is 18.9. The van der Waals surface area contributed by atoms with Gasteiger partial charge in [0.15, 0.2) is 6.61 Å². The van der Waals surface area contributed by atoms with Crippen LogP contribution < -0.4 is 16.4 Å². The Kier molecular flexibility index (Phi) is 7.72. The summed E-state index contributed by atoms with van der Waals surface area (Å²) in [5.41, 5.74) is 7.21. The number of nitrogens with one attached hydrogen (secondary N) is 2. The van der Waals surface area contributed by atoms with E-state index in [1.807, 2.05) is 6.07 Å². The van der Waals surface area contributed by atoms with Crippen LogP contribution in [-0.4, -0.2) is 31.6 Å². The predicted molar refractivity (Wildman–Crippen MR) is 103 cm³/mol. The molecule has 0 aromatic heterocycles. The SMILES string of the molecule is NCCNC(=O)COC(=O)Cc1ccccc1Nc1c(Cl)cccc1Cl. The van der Waals surface area contributed by atoms with Crippen LogP contribution in [0.3, 0.4) is 0 Å². The summed E-state index contributed by atoms with van der Waals surface area (Å²) in [5.74, 6) is -0.912. The highest BCUT2D eigenvalue weighted by molar-refractivity contribution is 6.39. The van der Waals surface area contributed by atoms with Gasteiger partial charge in [0.05, 0.1) is 22.2 Å². The van der Waals surface area contributed by atoms with Crippen molar-refractivity contribution in [3.05, 3.63) is 58.1 Å². The van der Waals surface area contributed by atoms with Crippen molar-refractivity contribution in [2.45, 2.75) is 6.42 Å². The Morgan fingerprint density at radius 3 is 2.42 bits per heavy atom. The number of halogens is 2. The van der Waals surface area contributed by atoms with Crippen molar-refractivity contribution >= 4 is 46.5 Å². The predicted octanol–water partition coefficient (Wildman–Crippen LogP) is 2.90. The molecule has 26 heavy (non-hydrogen) atoms. The molecular formula is C18H19Cl2N3O3. The number of carbonyl (C=O) groups excluding carboxylic acids is 2. The second kappa shape index (κ2) is 10.0. The Morgan fingerprint density at radius 1 is 1.04 bits per heavy atom. The minimum absolute atomic E-state index is 0.00455. The van der Waals surface area contributed by atoms with Crippen LogP contribution in [-0.2, 0) is 20.7 Å². The number of carbonyl (C=O) groups is 2. The van der Waals surface area contributed by atoms with Crippen LogP contribution >= 0.6 is 23.2 Å². The summed E-state index contributed by atoms with van der Waals surface area (Å²) in [6.45, 7) is 0.315. The molecule has 0 aliphatic rings. The fraction of sp³-hybridized carbons (Fsp3) is 0.222. The monoisotopic (exact) mass is 395 g/mol. The number of hydrogen-bond donors (Lipinski definition) is 3. The van der Waals surface area contributed by atoms with Gasteiger partial charge in [-0.2, -0.15) is 0 Å². The van der Waals surface area contributed by atoms with Crippen molar-refractivity contribution in [2.75, 3.05) is 25.0 Å². The van der Waals surface area contributed by atoms with Crippen molar-refractivity contribution in [3.63, 3.8) is 0 Å². The van der Waals surface area contributed by atoms with Crippen molar-refractivity contribution in [2.24, 2.45) is 5.73 Å². The van der Waals surface area contributed by atoms with E-state index in [0.29, 0.717) is 40.1 Å². The lowest BCUT2D eigenvalue weighted by molar-refractivity contribution is -0.147. The quantitative estimate of drug-likeness (QED) is 0.597. The number of esters is 1. The first-order chi connectivity index (χ1) is 12.5. The van der Waals surface area contributed by atoms with Gasteiger partial charge in [0.25, 0.3) is 5.91 Å². The Labute approximate surface area is 161 Å². The molecule has 0 atom stereocenters.